The molecule has 6 heteroatoms. The first-order chi connectivity index (χ1) is 15.0. The van der Waals surface area contributed by atoms with Gasteiger partial charge in [0, 0.05) is 9.79 Å². The number of aryl methyl sites for hydroxylation is 2. The Morgan fingerprint density at radius 1 is 0.656 bits per heavy atom. The first kappa shape index (κ1) is 31.1. The molecule has 0 unspecified atom stereocenters. The molecule has 0 saturated carbocycles. The molecular weight excluding hydrogens is 577 g/mol. The van der Waals surface area contributed by atoms with Crippen LogP contribution < -0.4 is 0 Å². The fraction of sp³-hybridized carbons (Fsp3) is 0.538. The molecule has 0 aliphatic carbocycles. The van der Waals surface area contributed by atoms with Gasteiger partial charge >= 0.3 is 48.9 Å². The van der Waals surface area contributed by atoms with Crippen LogP contribution in [0.2, 0.25) is 0 Å². The van der Waals surface area contributed by atoms with Crippen molar-refractivity contribution in [2.24, 2.45) is 0 Å². The summed E-state index contributed by atoms with van der Waals surface area (Å²) in [6, 6.07) is 16.8. The summed E-state index contributed by atoms with van der Waals surface area (Å²) in [4.78, 5) is 22.9. The largest absolute Gasteiger partial charge is 2.00 e. The Kier molecular flexibility index (Phi) is 17.0. The number of thiol groups is 1. The molecule has 2 N–H and O–H groups in total. The van der Waals surface area contributed by atoms with E-state index in [4.69, 9.17) is 0 Å². The van der Waals surface area contributed by atoms with Crippen molar-refractivity contribution in [1.29, 1.82) is 0 Å². The van der Waals surface area contributed by atoms with Crippen molar-refractivity contribution in [3.8, 4) is 0 Å². The normalized spacial score (nSPS) is 11.6. The zero-order valence-electron chi connectivity index (χ0n) is 22.0. The summed E-state index contributed by atoms with van der Waals surface area (Å²) in [7, 11) is -0.819. The first-order valence-electron chi connectivity index (χ1n) is 12.0. The maximum absolute atomic E-state index is 10.5. The average Bonchev–Trinajstić information content (AvgIpc) is 2.75. The monoisotopic (exact) mass is 620 g/mol. The van der Waals surface area contributed by atoms with Crippen LogP contribution in [0.4, 0.5) is 0 Å². The van der Waals surface area contributed by atoms with Crippen LogP contribution in [-0.2, 0) is 22.9 Å². The fourth-order valence-corrected chi connectivity index (χ4v) is 9.60. The summed E-state index contributed by atoms with van der Waals surface area (Å²) in [5, 5.41) is 0. The topological polar surface area (TPSA) is 40.5 Å². The van der Waals surface area contributed by atoms with Gasteiger partial charge in [0.2, 0.25) is 5.69 Å². The summed E-state index contributed by atoms with van der Waals surface area (Å²) in [6.45, 7) is 4.48. The van der Waals surface area contributed by atoms with Gasteiger partial charge < -0.3 is 12.6 Å². The third-order valence-electron chi connectivity index (χ3n) is 5.68. The summed E-state index contributed by atoms with van der Waals surface area (Å²) in [5.41, 5.74) is -0.704. The molecule has 0 aliphatic heterocycles. The van der Waals surface area contributed by atoms with Crippen molar-refractivity contribution >= 4 is 76.9 Å². The quantitative estimate of drug-likeness (QED) is 0.0864. The average molecular weight is 620 g/mol. The van der Waals surface area contributed by atoms with E-state index in [2.05, 4.69) is 74.6 Å². The second kappa shape index (κ2) is 17.5. The number of benzene rings is 2. The maximum Gasteiger partial charge on any atom is 2.00 e. The molecular formula is C26H43BaO2PS2. The maximum atomic E-state index is 10.5. The van der Waals surface area contributed by atoms with Crippen molar-refractivity contribution in [2.75, 3.05) is 0 Å². The van der Waals surface area contributed by atoms with E-state index in [1.807, 2.05) is 0 Å². The minimum absolute atomic E-state index is 0. The SMILES string of the molecule is CCCCCCCc1ccc(S(c2ccc(CCCCCCC)cc2)=P(O)(O)S)cc1.[Ba+2].[H-].[H-]. The Balaban J connectivity index is 0. The van der Waals surface area contributed by atoms with E-state index in [1.54, 1.807) is 0 Å². The minimum atomic E-state index is -3.35. The van der Waals surface area contributed by atoms with Crippen LogP contribution in [0.15, 0.2) is 58.3 Å². The molecule has 0 amide bonds. The summed E-state index contributed by atoms with van der Waals surface area (Å²) >= 11 is 4.24. The Bertz CT molecular complexity index is 760. The summed E-state index contributed by atoms with van der Waals surface area (Å²) in [6.07, 6.45) is 15.0. The molecule has 32 heavy (non-hydrogen) atoms. The van der Waals surface area contributed by atoms with E-state index >= 15 is 0 Å². The molecule has 0 heterocycles. The third-order valence-corrected chi connectivity index (χ3v) is 11.8. The van der Waals surface area contributed by atoms with Crippen LogP contribution in [0.25, 0.3) is 0 Å². The van der Waals surface area contributed by atoms with Gasteiger partial charge in [-0.15, -0.1) is 0 Å². The van der Waals surface area contributed by atoms with E-state index < -0.39 is 15.8 Å². The smallest absolute Gasteiger partial charge is 1.00 e. The van der Waals surface area contributed by atoms with Gasteiger partial charge in [0.05, 0.1) is 0 Å². The van der Waals surface area contributed by atoms with E-state index in [1.165, 1.54) is 75.3 Å². The van der Waals surface area contributed by atoms with Crippen LogP contribution in [0.3, 0.4) is 0 Å². The number of hydrogen-bond acceptors (Lipinski definition) is 0. The molecule has 2 aromatic carbocycles. The van der Waals surface area contributed by atoms with Gasteiger partial charge in [-0.05, 0) is 61.1 Å². The van der Waals surface area contributed by atoms with E-state index in [-0.39, 0.29) is 51.7 Å². The zero-order valence-corrected chi connectivity index (χ0v) is 27.1. The van der Waals surface area contributed by atoms with Gasteiger partial charge in [0.25, 0.3) is 0 Å². The third kappa shape index (κ3) is 11.7. The van der Waals surface area contributed by atoms with Crippen LogP contribution in [0.5, 0.6) is 0 Å². The number of rotatable bonds is 14. The van der Waals surface area contributed by atoms with Crippen molar-refractivity contribution < 1.29 is 12.6 Å². The van der Waals surface area contributed by atoms with Gasteiger partial charge in [0.1, 0.15) is 0 Å². The Labute approximate surface area is 247 Å². The second-order valence-electron chi connectivity index (χ2n) is 8.41. The Morgan fingerprint density at radius 3 is 1.31 bits per heavy atom. The predicted octanol–water partition coefficient (Wildman–Crippen LogP) is 8.18. The van der Waals surface area contributed by atoms with Gasteiger partial charge in [-0.1, -0.05) is 112 Å². The molecule has 0 atom stereocenters. The molecule has 2 nitrogen and oxygen atoms in total. The van der Waals surface area contributed by atoms with Crippen molar-refractivity contribution in [3.63, 3.8) is 0 Å². The number of unbranched alkanes of at least 4 members (excludes halogenated alkanes) is 8. The van der Waals surface area contributed by atoms with Gasteiger partial charge in [-0.2, -0.15) is 0 Å². The molecule has 0 radical (unpaired) electrons. The van der Waals surface area contributed by atoms with E-state index in [9.17, 15) is 9.79 Å². The van der Waals surface area contributed by atoms with Crippen LogP contribution in [-0.4, -0.2) is 58.7 Å². The fourth-order valence-electron chi connectivity index (χ4n) is 3.85. The van der Waals surface area contributed by atoms with E-state index in [0.717, 1.165) is 22.6 Å². The predicted molar refractivity (Wildman–Crippen MR) is 150 cm³/mol. The van der Waals surface area contributed by atoms with Crippen molar-refractivity contribution in [2.45, 2.75) is 101 Å². The summed E-state index contributed by atoms with van der Waals surface area (Å²) in [5.74, 6) is 0. The summed E-state index contributed by atoms with van der Waals surface area (Å²) < 4.78 is 0. The molecule has 0 aliphatic rings. The van der Waals surface area contributed by atoms with Crippen LogP contribution >= 0.6 is 17.9 Å². The van der Waals surface area contributed by atoms with E-state index in [0.29, 0.717) is 0 Å². The molecule has 178 valence electrons. The molecule has 0 fully saturated rings. The first-order valence-corrected chi connectivity index (χ1v) is 16.6. The Morgan fingerprint density at radius 2 is 1.00 bits per heavy atom. The van der Waals surface area contributed by atoms with Crippen LogP contribution in [0, 0.1) is 0 Å². The van der Waals surface area contributed by atoms with Gasteiger partial charge in [-0.3, -0.25) is 0 Å². The van der Waals surface area contributed by atoms with Crippen molar-refractivity contribution in [3.05, 3.63) is 59.7 Å². The molecule has 0 bridgehead atoms. The zero-order chi connectivity index (χ0) is 22.5. The molecule has 0 aromatic heterocycles. The van der Waals surface area contributed by atoms with Gasteiger partial charge in [0.15, 0.2) is 0 Å². The van der Waals surface area contributed by atoms with Gasteiger partial charge in [-0.25, -0.2) is 0 Å². The number of hydrogen-bond donors (Lipinski definition) is 3. The molecule has 2 rings (SSSR count). The second-order valence-corrected chi connectivity index (χ2v) is 16.1. The minimum Gasteiger partial charge on any atom is -1.00 e. The standard InChI is InChI=1S/C26H41O2PS2.Ba.2H/c1-3-5-7-9-11-13-23-15-19-25(20-16-23)31(29(27,28)30)26-21-17-24(18-22-26)14-12-10-8-6-4-2;;;/h15-22,27-28,30H,3-14H2,1-2H3;;;/q;+2;2*-1. The molecule has 0 saturated heterocycles. The molecule has 0 spiro atoms. The molecule has 2 aromatic rings. The Hall–Kier alpha value is 1.06. The van der Waals surface area contributed by atoms with Crippen LogP contribution in [0.1, 0.15) is 92.0 Å². The van der Waals surface area contributed by atoms with Crippen molar-refractivity contribution in [1.82, 2.24) is 0 Å².